The topological polar surface area (TPSA) is 70.2 Å². The second kappa shape index (κ2) is 9.36. The quantitative estimate of drug-likeness (QED) is 0.511. The van der Waals surface area contributed by atoms with Gasteiger partial charge in [-0.3, -0.25) is 4.79 Å². The summed E-state index contributed by atoms with van der Waals surface area (Å²) in [6.45, 7) is 5.28. The highest BCUT2D eigenvalue weighted by Gasteiger charge is 2.13. The number of halogens is 1. The highest BCUT2D eigenvalue weighted by atomic mass is 79.9. The maximum absolute atomic E-state index is 12.5. The maximum atomic E-state index is 12.5. The Hall–Kier alpha value is -2.77. The standard InChI is InChI=1S/C23H24BrN5O/c1-2-29-10-8-16(9-11-29)12-22(30)27-19-6-7-21-20(14-19)23(26-15-25-21)28-18-5-3-4-17(24)13-18/h3-7,12-15H,2,8-11H2,1H3,(H,27,30)(H,25,26,28). The number of fused-ring (bicyclic) bond motifs is 1. The number of likely N-dealkylation sites (tertiary alicyclic amines) is 1. The largest absolute Gasteiger partial charge is 0.340 e. The lowest BCUT2D eigenvalue weighted by Crippen LogP contribution is -2.30. The fraction of sp³-hybridized carbons (Fsp3) is 0.261. The highest BCUT2D eigenvalue weighted by molar-refractivity contribution is 9.10. The van der Waals surface area contributed by atoms with Gasteiger partial charge < -0.3 is 15.5 Å². The summed E-state index contributed by atoms with van der Waals surface area (Å²) in [4.78, 5) is 23.7. The minimum atomic E-state index is -0.0901. The van der Waals surface area contributed by atoms with Crippen molar-refractivity contribution in [2.75, 3.05) is 30.3 Å². The van der Waals surface area contributed by atoms with E-state index in [0.29, 0.717) is 5.82 Å². The molecule has 6 nitrogen and oxygen atoms in total. The Morgan fingerprint density at radius 3 is 2.73 bits per heavy atom. The molecular formula is C23H24BrN5O. The average Bonchev–Trinajstić information content (AvgIpc) is 2.75. The van der Waals surface area contributed by atoms with E-state index in [1.165, 1.54) is 11.9 Å². The molecule has 1 aliphatic heterocycles. The predicted molar refractivity (Wildman–Crippen MR) is 125 cm³/mol. The van der Waals surface area contributed by atoms with E-state index < -0.39 is 0 Å². The molecule has 2 heterocycles. The molecule has 1 saturated heterocycles. The van der Waals surface area contributed by atoms with E-state index in [1.807, 2.05) is 42.5 Å². The van der Waals surface area contributed by atoms with Crippen LogP contribution in [0, 0.1) is 0 Å². The van der Waals surface area contributed by atoms with Crippen molar-refractivity contribution in [3.63, 3.8) is 0 Å². The van der Waals surface area contributed by atoms with Crippen LogP contribution in [0.5, 0.6) is 0 Å². The molecule has 7 heteroatoms. The van der Waals surface area contributed by atoms with Crippen molar-refractivity contribution in [1.82, 2.24) is 14.9 Å². The molecule has 3 aromatic rings. The second-order valence-electron chi connectivity index (χ2n) is 7.32. The molecule has 0 unspecified atom stereocenters. The number of nitrogens with one attached hydrogen (secondary N) is 2. The lowest BCUT2D eigenvalue weighted by molar-refractivity contribution is -0.112. The SMILES string of the molecule is CCN1CCC(=CC(=O)Nc2ccc3ncnc(Nc4cccc(Br)c4)c3c2)CC1. The van der Waals surface area contributed by atoms with Crippen LogP contribution in [0.25, 0.3) is 10.9 Å². The van der Waals surface area contributed by atoms with Crippen LogP contribution in [0.3, 0.4) is 0 Å². The Morgan fingerprint density at radius 1 is 1.13 bits per heavy atom. The molecule has 30 heavy (non-hydrogen) atoms. The third-order valence-corrected chi connectivity index (χ3v) is 5.76. The van der Waals surface area contributed by atoms with Gasteiger partial charge >= 0.3 is 0 Å². The van der Waals surface area contributed by atoms with E-state index in [9.17, 15) is 4.79 Å². The summed E-state index contributed by atoms with van der Waals surface area (Å²) < 4.78 is 0.983. The van der Waals surface area contributed by atoms with Crippen LogP contribution >= 0.6 is 15.9 Å². The van der Waals surface area contributed by atoms with Gasteiger partial charge in [-0.2, -0.15) is 0 Å². The summed E-state index contributed by atoms with van der Waals surface area (Å²) >= 11 is 3.48. The summed E-state index contributed by atoms with van der Waals surface area (Å²) in [5.74, 6) is 0.604. The van der Waals surface area contributed by atoms with Gasteiger partial charge in [-0.05, 0) is 55.8 Å². The van der Waals surface area contributed by atoms with Crippen LogP contribution in [0.15, 0.2) is 64.9 Å². The first-order chi connectivity index (χ1) is 14.6. The zero-order chi connectivity index (χ0) is 20.9. The molecule has 1 aliphatic rings. The second-order valence-corrected chi connectivity index (χ2v) is 8.23. The smallest absolute Gasteiger partial charge is 0.248 e. The summed E-state index contributed by atoms with van der Waals surface area (Å²) in [6.07, 6.45) is 5.19. The Balaban J connectivity index is 1.52. The van der Waals surface area contributed by atoms with Gasteiger partial charge in [0, 0.05) is 40.4 Å². The molecule has 0 spiro atoms. The monoisotopic (exact) mass is 465 g/mol. The Labute approximate surface area is 184 Å². The van der Waals surface area contributed by atoms with Crippen LogP contribution in [-0.4, -0.2) is 40.4 Å². The molecule has 2 N–H and O–H groups in total. The summed E-state index contributed by atoms with van der Waals surface area (Å²) in [5.41, 5.74) is 3.66. The number of benzene rings is 2. The number of amides is 1. The third-order valence-electron chi connectivity index (χ3n) is 5.27. The minimum Gasteiger partial charge on any atom is -0.340 e. The number of hydrogen-bond acceptors (Lipinski definition) is 5. The fourth-order valence-corrected chi connectivity index (χ4v) is 4.00. The van der Waals surface area contributed by atoms with Crippen LogP contribution in [0.2, 0.25) is 0 Å². The molecule has 0 saturated carbocycles. The van der Waals surface area contributed by atoms with Crippen LogP contribution in [-0.2, 0) is 4.79 Å². The Kier molecular flexibility index (Phi) is 6.40. The van der Waals surface area contributed by atoms with Crippen molar-refractivity contribution in [3.8, 4) is 0 Å². The van der Waals surface area contributed by atoms with Crippen molar-refractivity contribution in [2.24, 2.45) is 0 Å². The van der Waals surface area contributed by atoms with Gasteiger partial charge in [0.1, 0.15) is 12.1 Å². The lowest BCUT2D eigenvalue weighted by atomic mass is 10.0. The molecule has 1 fully saturated rings. The first kappa shape index (κ1) is 20.5. The van der Waals surface area contributed by atoms with E-state index in [4.69, 9.17) is 0 Å². The van der Waals surface area contributed by atoms with Gasteiger partial charge in [0.15, 0.2) is 0 Å². The first-order valence-electron chi connectivity index (χ1n) is 10.1. The molecule has 2 aromatic carbocycles. The minimum absolute atomic E-state index is 0.0901. The zero-order valence-corrected chi connectivity index (χ0v) is 18.4. The number of carbonyl (C=O) groups excluding carboxylic acids is 1. The number of aromatic nitrogens is 2. The van der Waals surface area contributed by atoms with Gasteiger partial charge in [0.05, 0.1) is 5.52 Å². The summed E-state index contributed by atoms with van der Waals surface area (Å²) in [6, 6.07) is 13.6. The summed E-state index contributed by atoms with van der Waals surface area (Å²) in [7, 11) is 0. The van der Waals surface area contributed by atoms with Gasteiger partial charge in [0.2, 0.25) is 5.91 Å². The van der Waals surface area contributed by atoms with E-state index in [2.05, 4.69) is 48.4 Å². The van der Waals surface area contributed by atoms with E-state index in [0.717, 1.165) is 59.2 Å². The maximum Gasteiger partial charge on any atom is 0.248 e. The number of hydrogen-bond donors (Lipinski definition) is 2. The average molecular weight is 466 g/mol. The van der Waals surface area contributed by atoms with Crippen LogP contribution < -0.4 is 10.6 Å². The number of nitrogens with zero attached hydrogens (tertiary/aromatic N) is 3. The molecule has 1 amide bonds. The van der Waals surface area contributed by atoms with Crippen molar-refractivity contribution in [2.45, 2.75) is 19.8 Å². The summed E-state index contributed by atoms with van der Waals surface area (Å²) in [5, 5.41) is 7.17. The molecule has 0 atom stereocenters. The first-order valence-corrected chi connectivity index (χ1v) is 10.9. The number of carbonyl (C=O) groups is 1. The van der Waals surface area contributed by atoms with Crippen molar-refractivity contribution < 1.29 is 4.79 Å². The molecule has 0 aliphatic carbocycles. The highest BCUT2D eigenvalue weighted by Crippen LogP contribution is 2.27. The Bertz CT molecular complexity index is 1090. The van der Waals surface area contributed by atoms with E-state index in [-0.39, 0.29) is 5.91 Å². The van der Waals surface area contributed by atoms with Gasteiger partial charge in [-0.1, -0.05) is 34.5 Å². The number of piperidine rings is 1. The predicted octanol–water partition coefficient (Wildman–Crippen LogP) is 5.12. The Morgan fingerprint density at radius 2 is 1.97 bits per heavy atom. The molecule has 4 rings (SSSR count). The fourth-order valence-electron chi connectivity index (χ4n) is 3.60. The van der Waals surface area contributed by atoms with Crippen molar-refractivity contribution >= 4 is 49.9 Å². The molecule has 0 bridgehead atoms. The normalized spacial score (nSPS) is 14.5. The van der Waals surface area contributed by atoms with Crippen LogP contribution in [0.1, 0.15) is 19.8 Å². The lowest BCUT2D eigenvalue weighted by Gasteiger charge is -2.26. The van der Waals surface area contributed by atoms with Gasteiger partial charge in [-0.25, -0.2) is 9.97 Å². The molecule has 1 aromatic heterocycles. The molecule has 0 radical (unpaired) electrons. The number of rotatable bonds is 5. The van der Waals surface area contributed by atoms with E-state index in [1.54, 1.807) is 6.08 Å². The molecule has 154 valence electrons. The third kappa shape index (κ3) is 5.04. The van der Waals surface area contributed by atoms with E-state index >= 15 is 0 Å². The van der Waals surface area contributed by atoms with Crippen LogP contribution in [0.4, 0.5) is 17.2 Å². The molecular weight excluding hydrogens is 442 g/mol. The van der Waals surface area contributed by atoms with Crippen molar-refractivity contribution in [1.29, 1.82) is 0 Å². The van der Waals surface area contributed by atoms with Crippen molar-refractivity contribution in [3.05, 3.63) is 64.9 Å². The number of anilines is 3. The zero-order valence-electron chi connectivity index (χ0n) is 16.9. The van der Waals surface area contributed by atoms with Gasteiger partial charge in [0.25, 0.3) is 0 Å². The van der Waals surface area contributed by atoms with Gasteiger partial charge in [-0.15, -0.1) is 0 Å².